The molecule has 3 aliphatic rings. The Hall–Kier alpha value is -2.45. The Kier molecular flexibility index (Phi) is 6.27. The van der Waals surface area contributed by atoms with E-state index in [-0.39, 0.29) is 25.0 Å². The van der Waals surface area contributed by atoms with Gasteiger partial charge in [0.2, 0.25) is 11.8 Å². The van der Waals surface area contributed by atoms with Gasteiger partial charge in [0.15, 0.2) is 0 Å². The maximum Gasteiger partial charge on any atom is 0.312 e. The Morgan fingerprint density at radius 2 is 2.00 bits per heavy atom. The first-order valence-electron chi connectivity index (χ1n) is 11.5. The van der Waals surface area contributed by atoms with Crippen LogP contribution in [0.1, 0.15) is 45.1 Å². The average Bonchev–Trinajstić information content (AvgIpc) is 3.34. The third kappa shape index (κ3) is 3.59. The lowest BCUT2D eigenvalue weighted by molar-refractivity contribution is -0.159. The van der Waals surface area contributed by atoms with Gasteiger partial charge in [-0.1, -0.05) is 30.3 Å². The molecule has 8 heteroatoms. The van der Waals surface area contributed by atoms with Gasteiger partial charge in [-0.15, -0.1) is 0 Å². The number of unbranched alkanes of at least 4 members (excludes halogenated alkanes) is 1. The molecule has 1 aromatic rings. The molecule has 2 N–H and O–H groups in total. The highest BCUT2D eigenvalue weighted by Gasteiger charge is 2.78. The van der Waals surface area contributed by atoms with E-state index >= 15 is 0 Å². The van der Waals surface area contributed by atoms with E-state index in [4.69, 9.17) is 9.47 Å². The smallest absolute Gasteiger partial charge is 0.312 e. The molecule has 5 atom stereocenters. The van der Waals surface area contributed by atoms with E-state index in [9.17, 15) is 19.5 Å². The van der Waals surface area contributed by atoms with Crippen molar-refractivity contribution in [1.82, 2.24) is 10.2 Å². The summed E-state index contributed by atoms with van der Waals surface area (Å²) < 4.78 is 11.8. The summed E-state index contributed by atoms with van der Waals surface area (Å²) in [4.78, 5) is 41.5. The van der Waals surface area contributed by atoms with Crippen LogP contribution in [-0.2, 0) is 30.4 Å². The SMILES string of the molecule is CCOC(=O)[C@H]1[C@H]2C(=O)N(CCCCO)C(C(=O)NCc3ccccc3)C23CC[C@]1(C)O3. The Balaban J connectivity index is 1.64. The predicted octanol–water partition coefficient (Wildman–Crippen LogP) is 1.40. The molecule has 2 amide bonds. The molecule has 1 aromatic carbocycles. The Morgan fingerprint density at radius 1 is 1.25 bits per heavy atom. The van der Waals surface area contributed by atoms with Crippen LogP contribution in [0.4, 0.5) is 0 Å². The fourth-order valence-electron chi connectivity index (χ4n) is 5.83. The molecular weight excluding hydrogens is 412 g/mol. The fraction of sp³-hybridized carbons (Fsp3) is 0.625. The van der Waals surface area contributed by atoms with Crippen molar-refractivity contribution in [2.45, 2.75) is 63.3 Å². The molecule has 0 saturated carbocycles. The van der Waals surface area contributed by atoms with Crippen molar-refractivity contribution in [2.75, 3.05) is 19.8 Å². The standard InChI is InChI=1S/C24H32N2O6/c1-3-31-22(30)18-17-21(29)26(13-7-8-14-27)19(24(17)12-11-23(18,2)32-24)20(28)25-15-16-9-5-4-6-10-16/h4-6,9-10,17-19,27H,3,7-8,11-15H2,1-2H3,(H,25,28)/t17-,18+,19?,23-,24?/m0/s1. The van der Waals surface area contributed by atoms with Gasteiger partial charge in [-0.2, -0.15) is 0 Å². The number of nitrogens with one attached hydrogen (secondary N) is 1. The molecule has 2 bridgehead atoms. The molecule has 1 spiro atoms. The summed E-state index contributed by atoms with van der Waals surface area (Å²) in [6.45, 7) is 4.50. The maximum absolute atomic E-state index is 13.6. The highest BCUT2D eigenvalue weighted by molar-refractivity contribution is 5.98. The number of benzene rings is 1. The summed E-state index contributed by atoms with van der Waals surface area (Å²) in [5, 5.41) is 12.2. The van der Waals surface area contributed by atoms with Crippen LogP contribution in [0.15, 0.2) is 30.3 Å². The zero-order valence-corrected chi connectivity index (χ0v) is 18.7. The topological polar surface area (TPSA) is 105 Å². The molecule has 0 aromatic heterocycles. The van der Waals surface area contributed by atoms with Crippen molar-refractivity contribution in [1.29, 1.82) is 0 Å². The maximum atomic E-state index is 13.6. The van der Waals surface area contributed by atoms with E-state index < -0.39 is 35.0 Å². The number of ether oxygens (including phenoxy) is 2. The first-order valence-corrected chi connectivity index (χ1v) is 11.5. The van der Waals surface area contributed by atoms with Crippen molar-refractivity contribution in [2.24, 2.45) is 11.8 Å². The highest BCUT2D eigenvalue weighted by Crippen LogP contribution is 2.63. The second kappa shape index (κ2) is 8.83. The molecule has 32 heavy (non-hydrogen) atoms. The molecule has 174 valence electrons. The number of aliphatic hydroxyl groups excluding tert-OH is 1. The van der Waals surface area contributed by atoms with Crippen LogP contribution >= 0.6 is 0 Å². The van der Waals surface area contributed by atoms with Crippen molar-refractivity contribution < 1.29 is 29.0 Å². The zero-order chi connectivity index (χ0) is 22.9. The van der Waals surface area contributed by atoms with E-state index in [1.807, 2.05) is 37.3 Å². The van der Waals surface area contributed by atoms with Gasteiger partial charge >= 0.3 is 5.97 Å². The van der Waals surface area contributed by atoms with Gasteiger partial charge in [-0.25, -0.2) is 0 Å². The number of amides is 2. The molecule has 0 aliphatic carbocycles. The number of carbonyl (C=O) groups is 3. The minimum Gasteiger partial charge on any atom is -0.466 e. The van der Waals surface area contributed by atoms with Crippen molar-refractivity contribution in [3.63, 3.8) is 0 Å². The van der Waals surface area contributed by atoms with Gasteiger partial charge in [-0.05, 0) is 45.1 Å². The molecule has 8 nitrogen and oxygen atoms in total. The number of carbonyl (C=O) groups excluding carboxylic acids is 3. The van der Waals surface area contributed by atoms with Crippen LogP contribution in [0.25, 0.3) is 0 Å². The Bertz CT molecular complexity index is 877. The molecule has 3 saturated heterocycles. The predicted molar refractivity (Wildman–Crippen MR) is 115 cm³/mol. The number of hydrogen-bond donors (Lipinski definition) is 2. The molecule has 3 heterocycles. The number of aliphatic hydroxyl groups is 1. The van der Waals surface area contributed by atoms with Crippen LogP contribution in [0.2, 0.25) is 0 Å². The molecule has 0 radical (unpaired) electrons. The van der Waals surface area contributed by atoms with Crippen LogP contribution in [0.5, 0.6) is 0 Å². The number of rotatable bonds is 9. The van der Waals surface area contributed by atoms with E-state index in [0.29, 0.717) is 38.8 Å². The first kappa shape index (κ1) is 22.7. The van der Waals surface area contributed by atoms with E-state index in [2.05, 4.69) is 5.32 Å². The quantitative estimate of drug-likeness (QED) is 0.441. The molecule has 3 aliphatic heterocycles. The minimum atomic E-state index is -1.04. The molecule has 2 unspecified atom stereocenters. The third-order valence-electron chi connectivity index (χ3n) is 7.18. The minimum absolute atomic E-state index is 0.0154. The summed E-state index contributed by atoms with van der Waals surface area (Å²) >= 11 is 0. The van der Waals surface area contributed by atoms with Crippen LogP contribution in [-0.4, -0.2) is 64.8 Å². The van der Waals surface area contributed by atoms with Crippen molar-refractivity contribution >= 4 is 17.8 Å². The van der Waals surface area contributed by atoms with Crippen LogP contribution in [0, 0.1) is 11.8 Å². The van der Waals surface area contributed by atoms with E-state index in [1.54, 1.807) is 11.8 Å². The average molecular weight is 445 g/mol. The molecule has 4 rings (SSSR count). The van der Waals surface area contributed by atoms with Crippen LogP contribution in [0.3, 0.4) is 0 Å². The van der Waals surface area contributed by atoms with Crippen molar-refractivity contribution in [3.8, 4) is 0 Å². The van der Waals surface area contributed by atoms with Gasteiger partial charge in [0.1, 0.15) is 17.6 Å². The number of likely N-dealkylation sites (tertiary alicyclic amines) is 1. The first-order chi connectivity index (χ1) is 15.4. The van der Waals surface area contributed by atoms with Gasteiger partial charge in [-0.3, -0.25) is 14.4 Å². The second-order valence-corrected chi connectivity index (χ2v) is 9.15. The monoisotopic (exact) mass is 444 g/mol. The number of fused-ring (bicyclic) bond motifs is 1. The molecule has 3 fully saturated rings. The molecular formula is C24H32N2O6. The fourth-order valence-corrected chi connectivity index (χ4v) is 5.83. The van der Waals surface area contributed by atoms with E-state index in [1.165, 1.54) is 0 Å². The lowest BCUT2D eigenvalue weighted by Crippen LogP contribution is -2.55. The Labute approximate surface area is 188 Å². The summed E-state index contributed by atoms with van der Waals surface area (Å²) in [6.07, 6.45) is 2.22. The number of nitrogens with zero attached hydrogens (tertiary/aromatic N) is 1. The summed E-state index contributed by atoms with van der Waals surface area (Å²) in [7, 11) is 0. The summed E-state index contributed by atoms with van der Waals surface area (Å²) in [6, 6.07) is 8.76. The van der Waals surface area contributed by atoms with Gasteiger partial charge in [0.05, 0.1) is 18.1 Å². The van der Waals surface area contributed by atoms with Gasteiger partial charge in [0.25, 0.3) is 0 Å². The van der Waals surface area contributed by atoms with Crippen molar-refractivity contribution in [3.05, 3.63) is 35.9 Å². The van der Waals surface area contributed by atoms with Gasteiger partial charge in [0, 0.05) is 19.7 Å². The largest absolute Gasteiger partial charge is 0.466 e. The number of esters is 1. The Morgan fingerprint density at radius 3 is 2.69 bits per heavy atom. The third-order valence-corrected chi connectivity index (χ3v) is 7.18. The summed E-state index contributed by atoms with van der Waals surface area (Å²) in [5.74, 6) is -2.40. The lowest BCUT2D eigenvalue weighted by atomic mass is 9.66. The normalized spacial score (nSPS) is 32.8. The second-order valence-electron chi connectivity index (χ2n) is 9.15. The van der Waals surface area contributed by atoms with Crippen LogP contribution < -0.4 is 5.32 Å². The number of hydrogen-bond acceptors (Lipinski definition) is 6. The van der Waals surface area contributed by atoms with E-state index in [0.717, 1.165) is 5.56 Å². The highest BCUT2D eigenvalue weighted by atomic mass is 16.6. The lowest BCUT2D eigenvalue weighted by Gasteiger charge is -2.33. The zero-order valence-electron chi connectivity index (χ0n) is 18.7. The van der Waals surface area contributed by atoms with Gasteiger partial charge < -0.3 is 24.8 Å². The summed E-state index contributed by atoms with van der Waals surface area (Å²) in [5.41, 5.74) is -0.899.